The molecule has 4 rings (SSSR count). The van der Waals surface area contributed by atoms with Gasteiger partial charge in [0.2, 0.25) is 0 Å². The number of para-hydroxylation sites is 1. The van der Waals surface area contributed by atoms with Crippen LogP contribution in [0.15, 0.2) is 83.5 Å². The van der Waals surface area contributed by atoms with Crippen LogP contribution in [0, 0.1) is 5.92 Å². The number of ether oxygens (including phenoxy) is 1. The SMILES string of the molecule is CC(C)C1=NN(c2ccc(C(=O)O)cc2)C(=O)/C1=C\c1ccccc1Oc1ccc(Cl)cc1. The lowest BCUT2D eigenvalue weighted by atomic mass is 9.98. The third kappa shape index (κ3) is 4.81. The van der Waals surface area contributed by atoms with E-state index in [9.17, 15) is 9.59 Å². The van der Waals surface area contributed by atoms with Gasteiger partial charge in [-0.15, -0.1) is 0 Å². The van der Waals surface area contributed by atoms with Crippen molar-refractivity contribution in [3.63, 3.8) is 0 Å². The van der Waals surface area contributed by atoms with Gasteiger partial charge in [-0.1, -0.05) is 43.6 Å². The van der Waals surface area contributed by atoms with Crippen LogP contribution in [-0.4, -0.2) is 22.7 Å². The van der Waals surface area contributed by atoms with E-state index < -0.39 is 5.97 Å². The van der Waals surface area contributed by atoms with Crippen molar-refractivity contribution in [2.45, 2.75) is 13.8 Å². The number of amides is 1. The van der Waals surface area contributed by atoms with Gasteiger partial charge in [-0.2, -0.15) is 10.1 Å². The van der Waals surface area contributed by atoms with Gasteiger partial charge in [-0.05, 0) is 66.6 Å². The molecule has 33 heavy (non-hydrogen) atoms. The summed E-state index contributed by atoms with van der Waals surface area (Å²) in [6.07, 6.45) is 1.78. The molecule has 1 aliphatic heterocycles. The molecular weight excluding hydrogens is 440 g/mol. The molecule has 0 bridgehead atoms. The highest BCUT2D eigenvalue weighted by Gasteiger charge is 2.32. The average molecular weight is 461 g/mol. The van der Waals surface area contributed by atoms with E-state index in [-0.39, 0.29) is 17.4 Å². The molecule has 1 heterocycles. The summed E-state index contributed by atoms with van der Waals surface area (Å²) in [6, 6.07) is 20.5. The molecule has 0 saturated heterocycles. The van der Waals surface area contributed by atoms with Crippen molar-refractivity contribution >= 4 is 41.0 Å². The predicted molar refractivity (Wildman–Crippen MR) is 129 cm³/mol. The van der Waals surface area contributed by atoms with Crippen molar-refractivity contribution in [3.8, 4) is 11.5 Å². The Morgan fingerprint density at radius 1 is 1.03 bits per heavy atom. The number of benzene rings is 3. The number of rotatable bonds is 6. The standard InChI is InChI=1S/C26H21ClN2O4/c1-16(2)24-22(25(30)29(28-24)20-11-7-17(8-12-20)26(31)32)15-18-5-3-4-6-23(18)33-21-13-9-19(27)10-14-21/h3-16H,1-2H3,(H,31,32)/b22-15-. The summed E-state index contributed by atoms with van der Waals surface area (Å²) >= 11 is 5.96. The summed E-state index contributed by atoms with van der Waals surface area (Å²) in [7, 11) is 0. The first-order valence-corrected chi connectivity index (χ1v) is 10.7. The molecule has 0 atom stereocenters. The van der Waals surface area contributed by atoms with E-state index in [2.05, 4.69) is 5.10 Å². The molecule has 0 unspecified atom stereocenters. The van der Waals surface area contributed by atoms with E-state index in [4.69, 9.17) is 21.4 Å². The lowest BCUT2D eigenvalue weighted by molar-refractivity contribution is -0.114. The molecule has 166 valence electrons. The van der Waals surface area contributed by atoms with E-state index >= 15 is 0 Å². The Morgan fingerprint density at radius 3 is 2.33 bits per heavy atom. The Balaban J connectivity index is 1.69. The largest absolute Gasteiger partial charge is 0.478 e. The maximum Gasteiger partial charge on any atom is 0.335 e. The molecule has 0 aliphatic carbocycles. The summed E-state index contributed by atoms with van der Waals surface area (Å²) in [5.41, 5.74) is 2.47. The number of hydrogen-bond acceptors (Lipinski definition) is 4. The van der Waals surface area contributed by atoms with Crippen molar-refractivity contribution < 1.29 is 19.4 Å². The Bertz CT molecular complexity index is 1260. The number of nitrogens with zero attached hydrogens (tertiary/aromatic N) is 2. The van der Waals surface area contributed by atoms with E-state index in [1.165, 1.54) is 17.1 Å². The van der Waals surface area contributed by atoms with Gasteiger partial charge in [0.05, 0.1) is 22.5 Å². The van der Waals surface area contributed by atoms with Crippen LogP contribution in [0.25, 0.3) is 6.08 Å². The van der Waals surface area contributed by atoms with Crippen LogP contribution in [0.2, 0.25) is 5.02 Å². The second-order valence-electron chi connectivity index (χ2n) is 7.76. The molecule has 0 spiro atoms. The Morgan fingerprint density at radius 2 is 1.70 bits per heavy atom. The molecule has 6 nitrogen and oxygen atoms in total. The van der Waals surface area contributed by atoms with Gasteiger partial charge in [0.1, 0.15) is 11.5 Å². The molecule has 0 saturated carbocycles. The summed E-state index contributed by atoms with van der Waals surface area (Å²) < 4.78 is 6.03. The quantitative estimate of drug-likeness (QED) is 0.439. The fourth-order valence-electron chi connectivity index (χ4n) is 3.39. The van der Waals surface area contributed by atoms with Crippen LogP contribution in [-0.2, 0) is 4.79 Å². The fourth-order valence-corrected chi connectivity index (χ4v) is 3.52. The summed E-state index contributed by atoms with van der Waals surface area (Å²) in [5, 5.41) is 15.6. The highest BCUT2D eigenvalue weighted by molar-refractivity contribution is 6.33. The van der Waals surface area contributed by atoms with Crippen molar-refractivity contribution in [1.29, 1.82) is 0 Å². The van der Waals surface area contributed by atoms with Gasteiger partial charge in [0.25, 0.3) is 5.91 Å². The summed E-state index contributed by atoms with van der Waals surface area (Å²) in [6.45, 7) is 3.93. The van der Waals surface area contributed by atoms with Gasteiger partial charge >= 0.3 is 5.97 Å². The van der Waals surface area contributed by atoms with E-state index in [0.717, 1.165) is 5.56 Å². The molecule has 7 heteroatoms. The normalized spacial score (nSPS) is 14.7. The first-order chi connectivity index (χ1) is 15.8. The third-order valence-electron chi connectivity index (χ3n) is 5.07. The lowest BCUT2D eigenvalue weighted by Gasteiger charge is -2.12. The van der Waals surface area contributed by atoms with Crippen LogP contribution in [0.5, 0.6) is 11.5 Å². The molecule has 0 radical (unpaired) electrons. The molecule has 1 amide bonds. The van der Waals surface area contributed by atoms with Crippen molar-refractivity contribution in [2.24, 2.45) is 11.0 Å². The predicted octanol–water partition coefficient (Wildman–Crippen LogP) is 6.27. The van der Waals surface area contributed by atoms with Crippen molar-refractivity contribution in [1.82, 2.24) is 0 Å². The Labute approximate surface area is 196 Å². The van der Waals surface area contributed by atoms with Crippen LogP contribution in [0.3, 0.4) is 0 Å². The number of hydrazone groups is 1. The fraction of sp³-hybridized carbons (Fsp3) is 0.115. The number of hydrogen-bond donors (Lipinski definition) is 1. The van der Waals surface area contributed by atoms with Gasteiger partial charge in [0, 0.05) is 10.6 Å². The number of halogens is 1. The first-order valence-electron chi connectivity index (χ1n) is 10.3. The maximum atomic E-state index is 13.3. The van der Waals surface area contributed by atoms with Crippen LogP contribution in [0.4, 0.5) is 5.69 Å². The van der Waals surface area contributed by atoms with Crippen LogP contribution >= 0.6 is 11.6 Å². The number of carbonyl (C=O) groups is 2. The summed E-state index contributed by atoms with van der Waals surface area (Å²) in [4.78, 5) is 24.5. The topological polar surface area (TPSA) is 79.2 Å². The third-order valence-corrected chi connectivity index (χ3v) is 5.32. The molecule has 1 N–H and O–H groups in total. The minimum absolute atomic E-state index is 0.00663. The Hall–Kier alpha value is -3.90. The second kappa shape index (κ2) is 9.30. The lowest BCUT2D eigenvalue weighted by Crippen LogP contribution is -2.21. The monoisotopic (exact) mass is 460 g/mol. The smallest absolute Gasteiger partial charge is 0.335 e. The van der Waals surface area contributed by atoms with Crippen molar-refractivity contribution in [3.05, 3.63) is 94.5 Å². The van der Waals surface area contributed by atoms with Gasteiger partial charge in [-0.25, -0.2) is 4.79 Å². The zero-order valence-corrected chi connectivity index (χ0v) is 18.8. The zero-order chi connectivity index (χ0) is 23.5. The number of aromatic carboxylic acids is 1. The van der Waals surface area contributed by atoms with Gasteiger partial charge in [0.15, 0.2) is 0 Å². The van der Waals surface area contributed by atoms with Gasteiger partial charge in [-0.3, -0.25) is 4.79 Å². The first kappa shape index (κ1) is 22.3. The molecule has 3 aromatic carbocycles. The van der Waals surface area contributed by atoms with E-state index in [0.29, 0.717) is 33.5 Å². The van der Waals surface area contributed by atoms with E-state index in [1.54, 1.807) is 42.5 Å². The van der Waals surface area contributed by atoms with Gasteiger partial charge < -0.3 is 9.84 Å². The molecule has 1 aliphatic rings. The molecule has 3 aromatic rings. The molecule has 0 aromatic heterocycles. The zero-order valence-electron chi connectivity index (χ0n) is 18.0. The number of carboxylic acid groups (broad SMARTS) is 1. The molecular formula is C26H21ClN2O4. The summed E-state index contributed by atoms with van der Waals surface area (Å²) in [5.74, 6) is -0.108. The number of carboxylic acids is 1. The highest BCUT2D eigenvalue weighted by Crippen LogP contribution is 2.32. The van der Waals surface area contributed by atoms with Crippen LogP contribution < -0.4 is 9.75 Å². The minimum atomic E-state index is -1.03. The van der Waals surface area contributed by atoms with E-state index in [1.807, 2.05) is 38.1 Å². The van der Waals surface area contributed by atoms with Crippen LogP contribution in [0.1, 0.15) is 29.8 Å². The highest BCUT2D eigenvalue weighted by atomic mass is 35.5. The number of anilines is 1. The minimum Gasteiger partial charge on any atom is -0.478 e. The Kier molecular flexibility index (Phi) is 6.29. The molecule has 0 fully saturated rings. The average Bonchev–Trinajstić information content (AvgIpc) is 3.13. The number of carbonyl (C=O) groups excluding carboxylic acids is 1. The van der Waals surface area contributed by atoms with Crippen molar-refractivity contribution in [2.75, 3.05) is 5.01 Å². The second-order valence-corrected chi connectivity index (χ2v) is 8.20. The maximum absolute atomic E-state index is 13.3.